The van der Waals surface area contributed by atoms with E-state index in [1.807, 2.05) is 24.3 Å². The molecule has 100 valence electrons. The molecule has 1 aliphatic heterocycles. The molecule has 0 bridgehead atoms. The molecule has 1 saturated heterocycles. The summed E-state index contributed by atoms with van der Waals surface area (Å²) in [6, 6.07) is 9.78. The Morgan fingerprint density at radius 2 is 2.20 bits per heavy atom. The van der Waals surface area contributed by atoms with Crippen LogP contribution >= 0.6 is 11.6 Å². The van der Waals surface area contributed by atoms with E-state index in [4.69, 9.17) is 16.9 Å². The van der Waals surface area contributed by atoms with Crippen LogP contribution in [0.1, 0.15) is 5.56 Å². The first kappa shape index (κ1) is 12.7. The van der Waals surface area contributed by atoms with Gasteiger partial charge < -0.3 is 10.2 Å². The van der Waals surface area contributed by atoms with Gasteiger partial charge in [-0.05, 0) is 18.2 Å². The smallest absolute Gasteiger partial charge is 0.145 e. The van der Waals surface area contributed by atoms with Crippen LogP contribution in [0.5, 0.6) is 0 Å². The van der Waals surface area contributed by atoms with Crippen LogP contribution < -0.4 is 10.2 Å². The fourth-order valence-electron chi connectivity index (χ4n) is 2.10. The van der Waals surface area contributed by atoms with Crippen molar-refractivity contribution in [2.24, 2.45) is 0 Å². The van der Waals surface area contributed by atoms with E-state index in [2.05, 4.69) is 20.2 Å². The van der Waals surface area contributed by atoms with Crippen molar-refractivity contribution in [1.29, 1.82) is 5.26 Å². The number of anilines is 2. The highest BCUT2D eigenvalue weighted by atomic mass is 35.5. The minimum absolute atomic E-state index is 0.287. The molecule has 5 nitrogen and oxygen atoms in total. The third kappa shape index (κ3) is 2.51. The SMILES string of the molecule is N#Cc1cnc(NC2CN(c3ccccn3)C2)c(Cl)c1. The van der Waals surface area contributed by atoms with Crippen molar-refractivity contribution >= 4 is 23.2 Å². The molecule has 0 aromatic carbocycles. The molecular weight excluding hydrogens is 274 g/mol. The molecule has 0 spiro atoms. The highest BCUT2D eigenvalue weighted by molar-refractivity contribution is 6.33. The zero-order valence-corrected chi connectivity index (χ0v) is 11.4. The Morgan fingerprint density at radius 1 is 1.35 bits per heavy atom. The molecule has 0 amide bonds. The molecule has 20 heavy (non-hydrogen) atoms. The highest BCUT2D eigenvalue weighted by Crippen LogP contribution is 2.24. The van der Waals surface area contributed by atoms with E-state index in [1.165, 1.54) is 6.20 Å². The topological polar surface area (TPSA) is 64.8 Å². The molecular formula is C14H12ClN5. The number of pyridine rings is 2. The average molecular weight is 286 g/mol. The fourth-order valence-corrected chi connectivity index (χ4v) is 2.32. The summed E-state index contributed by atoms with van der Waals surface area (Å²) >= 11 is 6.08. The Kier molecular flexibility index (Phi) is 3.40. The van der Waals surface area contributed by atoms with Crippen molar-refractivity contribution in [3.63, 3.8) is 0 Å². The number of rotatable bonds is 3. The van der Waals surface area contributed by atoms with Crippen LogP contribution in [0, 0.1) is 11.3 Å². The van der Waals surface area contributed by atoms with Gasteiger partial charge in [-0.25, -0.2) is 9.97 Å². The van der Waals surface area contributed by atoms with Crippen LogP contribution in [0.4, 0.5) is 11.6 Å². The summed E-state index contributed by atoms with van der Waals surface area (Å²) in [5.74, 6) is 1.60. The summed E-state index contributed by atoms with van der Waals surface area (Å²) in [5, 5.41) is 12.5. The molecule has 0 saturated carbocycles. The average Bonchev–Trinajstić information content (AvgIpc) is 2.44. The minimum atomic E-state index is 0.287. The molecule has 0 atom stereocenters. The van der Waals surface area contributed by atoms with Gasteiger partial charge in [0.05, 0.1) is 16.6 Å². The summed E-state index contributed by atoms with van der Waals surface area (Å²) in [4.78, 5) is 10.6. The number of nitrogens with zero attached hydrogens (tertiary/aromatic N) is 4. The Bertz CT molecular complexity index is 646. The van der Waals surface area contributed by atoms with Gasteiger partial charge in [-0.15, -0.1) is 0 Å². The molecule has 1 fully saturated rings. The lowest BCUT2D eigenvalue weighted by atomic mass is 10.1. The van der Waals surface area contributed by atoms with Gasteiger partial charge in [-0.2, -0.15) is 5.26 Å². The predicted molar refractivity (Wildman–Crippen MR) is 77.8 cm³/mol. The van der Waals surface area contributed by atoms with Crippen LogP contribution in [0.25, 0.3) is 0 Å². The maximum atomic E-state index is 8.77. The Hall–Kier alpha value is -2.32. The normalized spacial score (nSPS) is 14.5. The highest BCUT2D eigenvalue weighted by Gasteiger charge is 2.28. The van der Waals surface area contributed by atoms with E-state index < -0.39 is 0 Å². The second-order valence-corrected chi connectivity index (χ2v) is 5.01. The quantitative estimate of drug-likeness (QED) is 0.937. The summed E-state index contributed by atoms with van der Waals surface area (Å²) < 4.78 is 0. The minimum Gasteiger partial charge on any atom is -0.363 e. The monoisotopic (exact) mass is 285 g/mol. The van der Waals surface area contributed by atoms with E-state index in [0.717, 1.165) is 18.9 Å². The Balaban J connectivity index is 1.61. The second kappa shape index (κ2) is 5.35. The van der Waals surface area contributed by atoms with Crippen molar-refractivity contribution in [2.45, 2.75) is 6.04 Å². The Labute approximate surface area is 121 Å². The molecule has 0 aliphatic carbocycles. The standard InChI is InChI=1S/C14H12ClN5/c15-12-5-10(6-16)7-18-14(12)19-11-8-20(9-11)13-3-1-2-4-17-13/h1-5,7,11H,8-9H2,(H,18,19). The third-order valence-electron chi connectivity index (χ3n) is 3.17. The van der Waals surface area contributed by atoms with E-state index in [9.17, 15) is 0 Å². The molecule has 1 N–H and O–H groups in total. The van der Waals surface area contributed by atoms with Crippen molar-refractivity contribution in [2.75, 3.05) is 23.3 Å². The van der Waals surface area contributed by atoms with E-state index >= 15 is 0 Å². The molecule has 6 heteroatoms. The molecule has 2 aromatic rings. The lowest BCUT2D eigenvalue weighted by Gasteiger charge is -2.40. The van der Waals surface area contributed by atoms with Gasteiger partial charge in [-0.3, -0.25) is 0 Å². The number of aromatic nitrogens is 2. The molecule has 2 aromatic heterocycles. The zero-order chi connectivity index (χ0) is 13.9. The van der Waals surface area contributed by atoms with Crippen molar-refractivity contribution in [1.82, 2.24) is 9.97 Å². The second-order valence-electron chi connectivity index (χ2n) is 4.60. The van der Waals surface area contributed by atoms with Crippen molar-refractivity contribution in [3.8, 4) is 6.07 Å². The number of nitrogens with one attached hydrogen (secondary N) is 1. The first-order valence-corrected chi connectivity index (χ1v) is 6.62. The summed E-state index contributed by atoms with van der Waals surface area (Å²) in [6.07, 6.45) is 3.30. The maximum Gasteiger partial charge on any atom is 0.145 e. The summed E-state index contributed by atoms with van der Waals surface area (Å²) in [7, 11) is 0. The zero-order valence-electron chi connectivity index (χ0n) is 10.6. The van der Waals surface area contributed by atoms with Gasteiger partial charge in [0.15, 0.2) is 0 Å². The van der Waals surface area contributed by atoms with Gasteiger partial charge in [0.2, 0.25) is 0 Å². The van der Waals surface area contributed by atoms with Crippen molar-refractivity contribution in [3.05, 3.63) is 47.2 Å². The molecule has 0 radical (unpaired) electrons. The predicted octanol–water partition coefficient (Wildman–Crippen LogP) is 2.30. The van der Waals surface area contributed by atoms with Crippen LogP contribution in [0.15, 0.2) is 36.7 Å². The van der Waals surface area contributed by atoms with Gasteiger partial charge in [-0.1, -0.05) is 17.7 Å². The van der Waals surface area contributed by atoms with Gasteiger partial charge in [0, 0.05) is 25.5 Å². The molecule has 0 unspecified atom stereocenters. The number of hydrogen-bond acceptors (Lipinski definition) is 5. The van der Waals surface area contributed by atoms with E-state index in [1.54, 1.807) is 12.3 Å². The molecule has 1 aliphatic rings. The summed E-state index contributed by atoms with van der Waals surface area (Å²) in [6.45, 7) is 1.71. The fraction of sp³-hybridized carbons (Fsp3) is 0.214. The molecule has 3 rings (SSSR count). The number of nitriles is 1. The van der Waals surface area contributed by atoms with Crippen LogP contribution in [-0.2, 0) is 0 Å². The largest absolute Gasteiger partial charge is 0.363 e. The first-order valence-electron chi connectivity index (χ1n) is 6.24. The van der Waals surface area contributed by atoms with Gasteiger partial charge >= 0.3 is 0 Å². The van der Waals surface area contributed by atoms with E-state index in [-0.39, 0.29) is 6.04 Å². The lowest BCUT2D eigenvalue weighted by Crippen LogP contribution is -2.55. The van der Waals surface area contributed by atoms with Crippen LogP contribution in [0.2, 0.25) is 5.02 Å². The number of halogens is 1. The number of hydrogen-bond donors (Lipinski definition) is 1. The van der Waals surface area contributed by atoms with E-state index in [0.29, 0.717) is 16.4 Å². The molecule has 3 heterocycles. The van der Waals surface area contributed by atoms with Gasteiger partial charge in [0.25, 0.3) is 0 Å². The lowest BCUT2D eigenvalue weighted by molar-refractivity contribution is 0.543. The van der Waals surface area contributed by atoms with Crippen molar-refractivity contribution < 1.29 is 0 Å². The first-order chi connectivity index (χ1) is 9.76. The summed E-state index contributed by atoms with van der Waals surface area (Å²) in [5.41, 5.74) is 0.462. The third-order valence-corrected chi connectivity index (χ3v) is 3.45. The van der Waals surface area contributed by atoms with Crippen LogP contribution in [0.3, 0.4) is 0 Å². The maximum absolute atomic E-state index is 8.77. The van der Waals surface area contributed by atoms with Crippen LogP contribution in [-0.4, -0.2) is 29.1 Å². The van der Waals surface area contributed by atoms with Gasteiger partial charge in [0.1, 0.15) is 17.7 Å². The Morgan fingerprint density at radius 3 is 2.85 bits per heavy atom.